The van der Waals surface area contributed by atoms with Crippen LogP contribution in [-0.4, -0.2) is 27.1 Å². The van der Waals surface area contributed by atoms with Crippen molar-refractivity contribution in [3.63, 3.8) is 0 Å². The highest BCUT2D eigenvalue weighted by molar-refractivity contribution is 7.92. The average Bonchev–Trinajstić information content (AvgIpc) is 2.69. The highest BCUT2D eigenvalue weighted by atomic mass is 35.5. The molecular formula is C22H21ClN2O3S. The van der Waals surface area contributed by atoms with Crippen molar-refractivity contribution in [2.24, 2.45) is 0 Å². The smallest absolute Gasteiger partial charge is 0.245 e. The molecule has 0 aliphatic heterocycles. The summed E-state index contributed by atoms with van der Waals surface area (Å²) in [5, 5.41) is 3.27. The highest BCUT2D eigenvalue weighted by Gasteiger charge is 2.22. The van der Waals surface area contributed by atoms with Gasteiger partial charge in [0.05, 0.1) is 11.9 Å². The normalized spacial score (nSPS) is 11.1. The molecule has 5 nitrogen and oxygen atoms in total. The number of nitrogens with one attached hydrogen (secondary N) is 1. The fourth-order valence-corrected chi connectivity index (χ4v) is 3.94. The minimum atomic E-state index is -3.68. The van der Waals surface area contributed by atoms with E-state index in [-0.39, 0.29) is 6.54 Å². The fourth-order valence-electron chi connectivity index (χ4n) is 2.92. The number of anilines is 2. The summed E-state index contributed by atoms with van der Waals surface area (Å²) in [5.74, 6) is -0.449. The van der Waals surface area contributed by atoms with Gasteiger partial charge >= 0.3 is 0 Å². The number of hydrogen-bond donors (Lipinski definition) is 1. The van der Waals surface area contributed by atoms with E-state index in [1.54, 1.807) is 24.3 Å². The molecule has 0 saturated heterocycles. The zero-order valence-corrected chi connectivity index (χ0v) is 17.7. The zero-order valence-electron chi connectivity index (χ0n) is 16.1. The molecule has 0 bridgehead atoms. The molecule has 0 saturated carbocycles. The standard InChI is InChI=1S/C22H21ClN2O3S/c1-16-12-13-18(14-20(16)23)25(29(2,27)28)15-22(26)24-21-11-7-6-10-19(21)17-8-4-3-5-9-17/h3-14H,15H2,1-2H3,(H,24,26). The summed E-state index contributed by atoms with van der Waals surface area (Å²) in [4.78, 5) is 12.7. The summed E-state index contributed by atoms with van der Waals surface area (Å²) in [6.45, 7) is 1.46. The van der Waals surface area contributed by atoms with Crippen molar-refractivity contribution in [2.75, 3.05) is 22.4 Å². The van der Waals surface area contributed by atoms with Crippen LogP contribution in [0.5, 0.6) is 0 Å². The van der Waals surface area contributed by atoms with Crippen LogP contribution in [0.15, 0.2) is 72.8 Å². The molecule has 7 heteroatoms. The number of halogens is 1. The largest absolute Gasteiger partial charge is 0.324 e. The maximum absolute atomic E-state index is 12.7. The van der Waals surface area contributed by atoms with Gasteiger partial charge in [-0.15, -0.1) is 0 Å². The lowest BCUT2D eigenvalue weighted by Crippen LogP contribution is -2.37. The van der Waals surface area contributed by atoms with E-state index in [9.17, 15) is 13.2 Å². The molecule has 0 aromatic heterocycles. The van der Waals surface area contributed by atoms with Gasteiger partial charge in [-0.1, -0.05) is 66.2 Å². The Morgan fingerprint density at radius 2 is 1.66 bits per heavy atom. The van der Waals surface area contributed by atoms with Crippen molar-refractivity contribution < 1.29 is 13.2 Å². The molecule has 0 spiro atoms. The van der Waals surface area contributed by atoms with Crippen molar-refractivity contribution >= 4 is 38.9 Å². The van der Waals surface area contributed by atoms with Gasteiger partial charge in [-0.05, 0) is 36.2 Å². The Balaban J connectivity index is 1.86. The van der Waals surface area contributed by atoms with E-state index in [1.807, 2.05) is 55.5 Å². The third-order valence-electron chi connectivity index (χ3n) is 4.42. The molecule has 3 aromatic rings. The number of rotatable bonds is 6. The molecule has 0 aliphatic rings. The van der Waals surface area contributed by atoms with E-state index in [1.165, 1.54) is 0 Å². The van der Waals surface area contributed by atoms with Gasteiger partial charge in [-0.25, -0.2) is 8.42 Å². The number of benzene rings is 3. The van der Waals surface area contributed by atoms with Gasteiger partial charge in [-0.2, -0.15) is 0 Å². The van der Waals surface area contributed by atoms with E-state index < -0.39 is 15.9 Å². The summed E-state index contributed by atoms with van der Waals surface area (Å²) < 4.78 is 25.7. The minimum absolute atomic E-state index is 0.342. The van der Waals surface area contributed by atoms with E-state index in [4.69, 9.17) is 11.6 Å². The summed E-state index contributed by atoms with van der Waals surface area (Å²) in [5.41, 5.74) is 3.58. The third-order valence-corrected chi connectivity index (χ3v) is 5.96. The lowest BCUT2D eigenvalue weighted by Gasteiger charge is -2.23. The van der Waals surface area contributed by atoms with Crippen LogP contribution in [0, 0.1) is 6.92 Å². The maximum Gasteiger partial charge on any atom is 0.245 e. The maximum atomic E-state index is 12.7. The molecule has 0 fully saturated rings. The van der Waals surface area contributed by atoms with E-state index in [0.29, 0.717) is 16.4 Å². The number of nitrogens with zero attached hydrogens (tertiary/aromatic N) is 1. The Morgan fingerprint density at radius 1 is 1.00 bits per heavy atom. The molecule has 0 unspecified atom stereocenters. The number of hydrogen-bond acceptors (Lipinski definition) is 3. The zero-order chi connectivity index (χ0) is 21.0. The van der Waals surface area contributed by atoms with Crippen LogP contribution in [0.1, 0.15) is 5.56 Å². The number of aryl methyl sites for hydroxylation is 1. The molecule has 150 valence electrons. The molecular weight excluding hydrogens is 408 g/mol. The minimum Gasteiger partial charge on any atom is -0.324 e. The van der Waals surface area contributed by atoms with E-state index >= 15 is 0 Å². The Kier molecular flexibility index (Phi) is 6.25. The highest BCUT2D eigenvalue weighted by Crippen LogP contribution is 2.28. The lowest BCUT2D eigenvalue weighted by atomic mass is 10.0. The fraction of sp³-hybridized carbons (Fsp3) is 0.136. The van der Waals surface area contributed by atoms with Gasteiger partial charge in [0.2, 0.25) is 15.9 Å². The molecule has 1 amide bonds. The number of carbonyl (C=O) groups excluding carboxylic acids is 1. The number of sulfonamides is 1. The second kappa shape index (κ2) is 8.68. The molecule has 29 heavy (non-hydrogen) atoms. The van der Waals surface area contributed by atoms with Gasteiger partial charge < -0.3 is 5.32 Å². The average molecular weight is 429 g/mol. The Labute approximate surface area is 176 Å². The third kappa shape index (κ3) is 5.16. The van der Waals surface area contributed by atoms with Crippen LogP contribution >= 0.6 is 11.6 Å². The topological polar surface area (TPSA) is 66.5 Å². The quantitative estimate of drug-likeness (QED) is 0.617. The first-order valence-corrected chi connectivity index (χ1v) is 11.2. The second-order valence-corrected chi connectivity index (χ2v) is 8.98. The first-order valence-electron chi connectivity index (χ1n) is 8.94. The van der Waals surface area contributed by atoms with Gasteiger partial charge in [0.25, 0.3) is 0 Å². The van der Waals surface area contributed by atoms with Gasteiger partial charge in [0.1, 0.15) is 6.54 Å². The summed E-state index contributed by atoms with van der Waals surface area (Å²) in [7, 11) is -3.68. The first kappa shape index (κ1) is 20.9. The molecule has 1 N–H and O–H groups in total. The predicted octanol–water partition coefficient (Wildman–Crippen LogP) is 4.72. The Bertz CT molecular complexity index is 1130. The summed E-state index contributed by atoms with van der Waals surface area (Å²) in [6.07, 6.45) is 1.06. The monoisotopic (exact) mass is 428 g/mol. The van der Waals surface area contributed by atoms with E-state index in [2.05, 4.69) is 5.32 Å². The SMILES string of the molecule is Cc1ccc(N(CC(=O)Nc2ccccc2-c2ccccc2)S(C)(=O)=O)cc1Cl. The summed E-state index contributed by atoms with van der Waals surface area (Å²) in [6, 6.07) is 21.9. The second-order valence-electron chi connectivity index (χ2n) is 6.66. The Hall–Kier alpha value is -2.83. The van der Waals surface area contributed by atoms with Crippen molar-refractivity contribution in [2.45, 2.75) is 6.92 Å². The Morgan fingerprint density at radius 3 is 2.31 bits per heavy atom. The number of carbonyl (C=O) groups is 1. The first-order chi connectivity index (χ1) is 13.8. The van der Waals surface area contributed by atoms with Gasteiger partial charge in [0.15, 0.2) is 0 Å². The van der Waals surface area contributed by atoms with Crippen LogP contribution in [0.2, 0.25) is 5.02 Å². The van der Waals surface area contributed by atoms with Crippen LogP contribution < -0.4 is 9.62 Å². The molecule has 3 aromatic carbocycles. The number of para-hydroxylation sites is 1. The van der Waals surface area contributed by atoms with Gasteiger partial charge in [-0.3, -0.25) is 9.10 Å². The van der Waals surface area contributed by atoms with Crippen LogP contribution in [0.25, 0.3) is 11.1 Å². The van der Waals surface area contributed by atoms with Crippen molar-refractivity contribution in [3.05, 3.63) is 83.4 Å². The van der Waals surface area contributed by atoms with Gasteiger partial charge in [0, 0.05) is 16.3 Å². The molecule has 0 heterocycles. The molecule has 0 atom stereocenters. The molecule has 0 aliphatic carbocycles. The van der Waals surface area contributed by atoms with Crippen molar-refractivity contribution in [3.8, 4) is 11.1 Å². The van der Waals surface area contributed by atoms with E-state index in [0.717, 1.165) is 27.3 Å². The van der Waals surface area contributed by atoms with Crippen LogP contribution in [0.4, 0.5) is 11.4 Å². The van der Waals surface area contributed by atoms with Crippen molar-refractivity contribution in [1.82, 2.24) is 0 Å². The van der Waals surface area contributed by atoms with Crippen molar-refractivity contribution in [1.29, 1.82) is 0 Å². The van der Waals surface area contributed by atoms with Crippen LogP contribution in [-0.2, 0) is 14.8 Å². The molecule has 3 rings (SSSR count). The number of amides is 1. The van der Waals surface area contributed by atoms with Crippen LogP contribution in [0.3, 0.4) is 0 Å². The summed E-state index contributed by atoms with van der Waals surface area (Å²) >= 11 is 6.14. The molecule has 0 radical (unpaired) electrons. The lowest BCUT2D eigenvalue weighted by molar-refractivity contribution is -0.114. The predicted molar refractivity (Wildman–Crippen MR) is 119 cm³/mol.